The van der Waals surface area contributed by atoms with Crippen molar-refractivity contribution in [2.24, 2.45) is 52.3 Å². The summed E-state index contributed by atoms with van der Waals surface area (Å²) in [6, 6.07) is 0. The lowest BCUT2D eigenvalue weighted by atomic mass is 9.44. The van der Waals surface area contributed by atoms with Crippen molar-refractivity contribution >= 4 is 0 Å². The average Bonchev–Trinajstić information content (AvgIpc) is 3.96. The molecule has 83 heavy (non-hydrogen) atoms. The molecule has 1 spiro atoms. The summed E-state index contributed by atoms with van der Waals surface area (Å²) in [5, 5.41) is 166. The first-order valence-corrected chi connectivity index (χ1v) is 30.2. The van der Waals surface area contributed by atoms with E-state index in [-0.39, 0.29) is 28.8 Å². The van der Waals surface area contributed by atoms with E-state index in [4.69, 9.17) is 56.8 Å². The van der Waals surface area contributed by atoms with E-state index in [1.54, 1.807) is 0 Å². The van der Waals surface area contributed by atoms with E-state index in [1.807, 2.05) is 0 Å². The molecule has 0 aromatic carbocycles. The molecule has 0 aromatic heterocycles. The Balaban J connectivity index is 0.791. The van der Waals surface area contributed by atoms with Gasteiger partial charge in [-0.05, 0) is 105 Å². The first-order chi connectivity index (χ1) is 39.4. The van der Waals surface area contributed by atoms with Gasteiger partial charge in [-0.25, -0.2) is 0 Å². The van der Waals surface area contributed by atoms with Crippen LogP contribution < -0.4 is 0 Å². The largest absolute Gasteiger partial charge is 0.394 e. The Morgan fingerprint density at radius 1 is 0.470 bits per heavy atom. The van der Waals surface area contributed by atoms with Crippen molar-refractivity contribution in [1.82, 2.24) is 0 Å². The van der Waals surface area contributed by atoms with Crippen molar-refractivity contribution < 1.29 is 133 Å². The molecule has 0 radical (unpaired) electrons. The highest BCUT2D eigenvalue weighted by atomic mass is 16.8. The van der Waals surface area contributed by atoms with Crippen LogP contribution in [-0.4, -0.2) is 281 Å². The summed E-state index contributed by atoms with van der Waals surface area (Å²) in [6.45, 7) is 8.07. The maximum Gasteiger partial charge on any atom is 0.187 e. The lowest BCUT2D eigenvalue weighted by Gasteiger charge is -2.62. The fourth-order valence-corrected chi connectivity index (χ4v) is 17.4. The Morgan fingerprint density at radius 3 is 1.76 bits per heavy atom. The lowest BCUT2D eigenvalue weighted by molar-refractivity contribution is -0.409. The van der Waals surface area contributed by atoms with Crippen molar-refractivity contribution in [3.05, 3.63) is 0 Å². The van der Waals surface area contributed by atoms with Crippen LogP contribution in [0.15, 0.2) is 0 Å². The molecule has 7 aliphatic heterocycles. The van der Waals surface area contributed by atoms with Crippen LogP contribution >= 0.6 is 0 Å². The van der Waals surface area contributed by atoms with E-state index in [0.29, 0.717) is 42.4 Å². The predicted octanol–water partition coefficient (Wildman–Crippen LogP) is -4.45. The molecular formula is C56H92O27. The monoisotopic (exact) mass is 1200 g/mol. The molecule has 37 atom stereocenters. The zero-order chi connectivity index (χ0) is 59.5. The molecule has 11 rings (SSSR count). The first kappa shape index (κ1) is 63.5. The molecule has 0 amide bonds. The van der Waals surface area contributed by atoms with E-state index in [1.165, 1.54) is 6.92 Å². The molecule has 15 N–H and O–H groups in total. The summed E-state index contributed by atoms with van der Waals surface area (Å²) in [4.78, 5) is 0. The summed E-state index contributed by atoms with van der Waals surface area (Å²) in [5.41, 5.74) is -0.113. The van der Waals surface area contributed by atoms with Gasteiger partial charge >= 0.3 is 0 Å². The van der Waals surface area contributed by atoms with Crippen LogP contribution in [0.3, 0.4) is 0 Å². The molecule has 7 saturated heterocycles. The summed E-state index contributed by atoms with van der Waals surface area (Å²) >= 11 is 0. The predicted molar refractivity (Wildman–Crippen MR) is 275 cm³/mol. The van der Waals surface area contributed by atoms with Gasteiger partial charge in [0.15, 0.2) is 37.2 Å². The summed E-state index contributed by atoms with van der Waals surface area (Å²) in [6.07, 6.45) is -37.2. The van der Waals surface area contributed by atoms with Gasteiger partial charge in [-0.2, -0.15) is 0 Å². The lowest BCUT2D eigenvalue weighted by Crippen LogP contribution is -2.69. The van der Waals surface area contributed by atoms with Crippen LogP contribution in [0.4, 0.5) is 0 Å². The Bertz CT molecular complexity index is 2160. The average molecular weight is 1200 g/mol. The fraction of sp³-hybridized carbons (Fsp3) is 1.00. The van der Waals surface area contributed by atoms with E-state index >= 15 is 0 Å². The molecule has 7 heterocycles. The van der Waals surface area contributed by atoms with Gasteiger partial charge in [0.05, 0.1) is 57.5 Å². The molecule has 0 aromatic rings. The van der Waals surface area contributed by atoms with Gasteiger partial charge in [0, 0.05) is 12.3 Å². The second-order valence-corrected chi connectivity index (χ2v) is 26.8. The molecule has 4 aliphatic carbocycles. The smallest absolute Gasteiger partial charge is 0.187 e. The van der Waals surface area contributed by atoms with Gasteiger partial charge in [0.25, 0.3) is 0 Å². The number of ether oxygens (including phenoxy) is 12. The van der Waals surface area contributed by atoms with E-state index < -0.39 is 192 Å². The van der Waals surface area contributed by atoms with E-state index in [9.17, 15) is 76.6 Å². The second kappa shape index (κ2) is 24.6. The maximum atomic E-state index is 12.1. The number of aliphatic hydroxyl groups excluding tert-OH is 15. The molecular weight excluding hydrogens is 1100 g/mol. The highest BCUT2D eigenvalue weighted by molar-refractivity contribution is 5.16. The van der Waals surface area contributed by atoms with Crippen LogP contribution in [-0.2, 0) is 56.8 Å². The molecule has 27 nitrogen and oxygen atoms in total. The van der Waals surface area contributed by atoms with Gasteiger partial charge < -0.3 is 133 Å². The minimum atomic E-state index is -2.14. The maximum absolute atomic E-state index is 12.1. The van der Waals surface area contributed by atoms with E-state index in [0.717, 1.165) is 51.6 Å². The van der Waals surface area contributed by atoms with Crippen LogP contribution in [0.25, 0.3) is 0 Å². The summed E-state index contributed by atoms with van der Waals surface area (Å²) in [5.74, 6) is 2.15. The van der Waals surface area contributed by atoms with E-state index in [2.05, 4.69) is 27.7 Å². The van der Waals surface area contributed by atoms with Crippen molar-refractivity contribution in [2.75, 3.05) is 33.0 Å². The molecule has 11 aliphatic rings. The van der Waals surface area contributed by atoms with Crippen LogP contribution in [0.1, 0.15) is 92.4 Å². The quantitative estimate of drug-likeness (QED) is 0.0774. The van der Waals surface area contributed by atoms with Crippen molar-refractivity contribution in [2.45, 2.75) is 264 Å². The summed E-state index contributed by atoms with van der Waals surface area (Å²) in [7, 11) is 0. The minimum absolute atomic E-state index is 0.107. The molecule has 27 heteroatoms. The number of fused-ring (bicyclic) bond motifs is 7. The number of aliphatic hydroxyl groups is 15. The molecule has 11 fully saturated rings. The van der Waals surface area contributed by atoms with Gasteiger partial charge in [0.1, 0.15) is 110 Å². The molecule has 478 valence electrons. The molecule has 0 bridgehead atoms. The second-order valence-electron chi connectivity index (χ2n) is 26.8. The van der Waals surface area contributed by atoms with Gasteiger partial charge in [0.2, 0.25) is 0 Å². The zero-order valence-corrected chi connectivity index (χ0v) is 47.6. The van der Waals surface area contributed by atoms with Crippen LogP contribution in [0.5, 0.6) is 0 Å². The number of hydrogen-bond acceptors (Lipinski definition) is 27. The van der Waals surface area contributed by atoms with Crippen molar-refractivity contribution in [3.8, 4) is 0 Å². The standard InChI is InChI=1S/C56H92O27/c1-20-8-11-56(73-18-20)21(2)34-30(83-56)13-26-24-7-6-23-12-29(27(60)14-55(23,5)25(24)9-10-54(26,34)4)75-51-43(70)40(67)45(33(17-59)78-51)79-53-48(47(38(65)32(16-58)77-53)81-49-41(68)36(63)28(61)19-72-49)82-52-44(71)46(37(64)31(15-57)76-52)80-50-42(69)39(66)35(62)22(3)74-50/h20-53,57-71H,6-19H2,1-5H3/t20-,21+,22+,23+,24-,25+,26+,27-,28-,29-,30+,31-,32-,33-,34+,35+,36+,37-,38-,39-,40-,41-,42-,43-,44-,45+,46+,47+,48-,49+,50+,51-,52+,53+,54+,55+,56-/m1/s1. The third-order valence-corrected chi connectivity index (χ3v) is 22.1. The third kappa shape index (κ3) is 11.1. The Labute approximate surface area is 481 Å². The van der Waals surface area contributed by atoms with Crippen molar-refractivity contribution in [3.63, 3.8) is 0 Å². The summed E-state index contributed by atoms with van der Waals surface area (Å²) < 4.78 is 73.3. The number of hydrogen-bond donors (Lipinski definition) is 15. The highest BCUT2D eigenvalue weighted by Crippen LogP contribution is 2.71. The van der Waals surface area contributed by atoms with Gasteiger partial charge in [-0.3, -0.25) is 0 Å². The molecule has 0 unspecified atom stereocenters. The van der Waals surface area contributed by atoms with Crippen LogP contribution in [0.2, 0.25) is 0 Å². The topological polar surface area (TPSA) is 414 Å². The Hall–Kier alpha value is -1.08. The highest BCUT2D eigenvalue weighted by Gasteiger charge is 2.70. The van der Waals surface area contributed by atoms with Gasteiger partial charge in [-0.15, -0.1) is 0 Å². The Kier molecular flexibility index (Phi) is 18.8. The SMILES string of the molecule is C[C@@H]1CC[C@@]2(OC1)O[C@H]1C[C@H]3[C@@H]4CC[C@H]5C[C@@H](O[C@@H]6O[C@H](CO)[C@H](O[C@@H]7O[C@H](CO)[C@@H](O)[C@H](O[C@@H]8OC[C@@H](O)[C@H](O)[C@H]8O)[C@H]7O[C@@H]7O[C@H](CO)[C@@H](O)[C@H](O[C@@H]8O[C@@H](C)[C@H](O)[C@@H](O)[C@H]8O)[C@H]7O)[C@H](O)[C@H]6O)[C@H](O)C[C@]5(C)[C@H]4CC[C@]3(C)[C@H]1[C@@H]2C. The normalized spacial score (nSPS) is 58.3. The van der Waals surface area contributed by atoms with Crippen molar-refractivity contribution in [1.29, 1.82) is 0 Å². The Morgan fingerprint density at radius 2 is 1.07 bits per heavy atom. The third-order valence-electron chi connectivity index (χ3n) is 22.1. The van der Waals surface area contributed by atoms with Crippen LogP contribution in [0, 0.1) is 52.3 Å². The molecule has 4 saturated carbocycles. The van der Waals surface area contributed by atoms with Gasteiger partial charge in [-0.1, -0.05) is 27.7 Å². The number of rotatable bonds is 13. The minimum Gasteiger partial charge on any atom is -0.394 e. The zero-order valence-electron chi connectivity index (χ0n) is 47.6. The fourth-order valence-electron chi connectivity index (χ4n) is 17.4. The first-order valence-electron chi connectivity index (χ1n) is 30.2.